The Labute approximate surface area is 84.2 Å². The van der Waals surface area contributed by atoms with Crippen LogP contribution in [0.1, 0.15) is 0 Å². The van der Waals surface area contributed by atoms with Crippen molar-refractivity contribution in [2.75, 3.05) is 52.7 Å². The van der Waals surface area contributed by atoms with Crippen molar-refractivity contribution in [2.45, 2.75) is 6.10 Å². The molecule has 1 rings (SSSR count). The normalized spacial score (nSPS) is 24.0. The predicted molar refractivity (Wildman–Crippen MR) is 51.2 cm³/mol. The van der Waals surface area contributed by atoms with Crippen LogP contribution in [-0.4, -0.2) is 73.9 Å². The van der Waals surface area contributed by atoms with E-state index in [0.717, 1.165) is 19.6 Å². The van der Waals surface area contributed by atoms with Crippen molar-refractivity contribution in [2.24, 2.45) is 0 Å². The summed E-state index contributed by atoms with van der Waals surface area (Å²) in [6, 6.07) is 0. The minimum Gasteiger partial charge on any atom is -0.394 e. The highest BCUT2D eigenvalue weighted by Crippen LogP contribution is 2.03. The van der Waals surface area contributed by atoms with Crippen molar-refractivity contribution in [3.05, 3.63) is 0 Å². The SMILES string of the molecule is OCCOCCN1CCOC(CO)C1. The van der Waals surface area contributed by atoms with Gasteiger partial charge in [-0.25, -0.2) is 0 Å². The summed E-state index contributed by atoms with van der Waals surface area (Å²) in [5.41, 5.74) is 0. The van der Waals surface area contributed by atoms with Crippen molar-refractivity contribution < 1.29 is 19.7 Å². The van der Waals surface area contributed by atoms with Crippen LogP contribution < -0.4 is 0 Å². The molecule has 0 bridgehead atoms. The Morgan fingerprint density at radius 1 is 1.36 bits per heavy atom. The van der Waals surface area contributed by atoms with E-state index in [-0.39, 0.29) is 19.3 Å². The second-order valence-corrected chi connectivity index (χ2v) is 3.31. The van der Waals surface area contributed by atoms with Crippen molar-refractivity contribution in [3.8, 4) is 0 Å². The van der Waals surface area contributed by atoms with E-state index < -0.39 is 0 Å². The van der Waals surface area contributed by atoms with Crippen molar-refractivity contribution in [1.29, 1.82) is 0 Å². The van der Waals surface area contributed by atoms with E-state index in [0.29, 0.717) is 19.8 Å². The number of rotatable bonds is 6. The molecule has 84 valence electrons. The zero-order chi connectivity index (χ0) is 10.2. The van der Waals surface area contributed by atoms with Gasteiger partial charge in [-0.3, -0.25) is 4.90 Å². The molecule has 14 heavy (non-hydrogen) atoms. The van der Waals surface area contributed by atoms with Gasteiger partial charge in [0.15, 0.2) is 0 Å². The third-order valence-electron chi connectivity index (χ3n) is 2.21. The molecule has 0 saturated carbocycles. The fourth-order valence-corrected chi connectivity index (χ4v) is 1.45. The lowest BCUT2D eigenvalue weighted by Crippen LogP contribution is -2.45. The first kappa shape index (κ1) is 11.9. The molecule has 0 spiro atoms. The van der Waals surface area contributed by atoms with Gasteiger partial charge in [0.1, 0.15) is 0 Å². The van der Waals surface area contributed by atoms with Crippen LogP contribution in [0.25, 0.3) is 0 Å². The smallest absolute Gasteiger partial charge is 0.0932 e. The zero-order valence-corrected chi connectivity index (χ0v) is 8.39. The molecule has 0 aromatic carbocycles. The zero-order valence-electron chi connectivity index (χ0n) is 8.39. The summed E-state index contributed by atoms with van der Waals surface area (Å²) in [5, 5.41) is 17.4. The molecule has 1 fully saturated rings. The first-order valence-electron chi connectivity index (χ1n) is 5.00. The van der Waals surface area contributed by atoms with Crippen LogP contribution in [0.3, 0.4) is 0 Å². The quantitative estimate of drug-likeness (QED) is 0.527. The molecule has 0 aliphatic carbocycles. The molecule has 1 heterocycles. The molecule has 0 aromatic heterocycles. The topological polar surface area (TPSA) is 62.2 Å². The number of hydrogen-bond donors (Lipinski definition) is 2. The van der Waals surface area contributed by atoms with Gasteiger partial charge in [0.25, 0.3) is 0 Å². The van der Waals surface area contributed by atoms with Gasteiger partial charge in [-0.05, 0) is 0 Å². The second kappa shape index (κ2) is 7.14. The average Bonchev–Trinajstić information content (AvgIpc) is 2.25. The van der Waals surface area contributed by atoms with Crippen LogP contribution in [0.4, 0.5) is 0 Å². The van der Waals surface area contributed by atoms with E-state index in [2.05, 4.69) is 4.90 Å². The second-order valence-electron chi connectivity index (χ2n) is 3.31. The van der Waals surface area contributed by atoms with E-state index in [1.54, 1.807) is 0 Å². The molecule has 0 amide bonds. The van der Waals surface area contributed by atoms with Crippen LogP contribution in [0.15, 0.2) is 0 Å². The highest BCUT2D eigenvalue weighted by molar-refractivity contribution is 4.70. The largest absolute Gasteiger partial charge is 0.394 e. The monoisotopic (exact) mass is 205 g/mol. The molecule has 2 N–H and O–H groups in total. The van der Waals surface area contributed by atoms with Gasteiger partial charge in [0, 0.05) is 19.6 Å². The van der Waals surface area contributed by atoms with E-state index in [9.17, 15) is 0 Å². The van der Waals surface area contributed by atoms with Gasteiger partial charge in [0.2, 0.25) is 0 Å². The van der Waals surface area contributed by atoms with E-state index in [4.69, 9.17) is 19.7 Å². The summed E-state index contributed by atoms with van der Waals surface area (Å²) in [4.78, 5) is 2.20. The standard InChI is InChI=1S/C9H19NO4/c11-3-6-13-4-1-10-2-5-14-9(7-10)8-12/h9,11-12H,1-8H2. The molecule has 5 nitrogen and oxygen atoms in total. The summed E-state index contributed by atoms with van der Waals surface area (Å²) in [7, 11) is 0. The van der Waals surface area contributed by atoms with Crippen LogP contribution in [-0.2, 0) is 9.47 Å². The number of ether oxygens (including phenoxy) is 2. The third-order valence-corrected chi connectivity index (χ3v) is 2.21. The highest BCUT2D eigenvalue weighted by Gasteiger charge is 2.18. The van der Waals surface area contributed by atoms with Crippen LogP contribution in [0.5, 0.6) is 0 Å². The predicted octanol–water partition coefficient (Wildman–Crippen LogP) is -1.31. The first-order chi connectivity index (χ1) is 6.86. The van der Waals surface area contributed by atoms with Crippen molar-refractivity contribution in [3.63, 3.8) is 0 Å². The maximum atomic E-state index is 8.90. The lowest BCUT2D eigenvalue weighted by Gasteiger charge is -2.31. The van der Waals surface area contributed by atoms with Crippen LogP contribution >= 0.6 is 0 Å². The fraction of sp³-hybridized carbons (Fsp3) is 1.00. The van der Waals surface area contributed by atoms with Gasteiger partial charge in [0.05, 0.1) is 39.1 Å². The number of nitrogens with zero attached hydrogens (tertiary/aromatic N) is 1. The molecular formula is C9H19NO4. The molecule has 0 aromatic rings. The summed E-state index contributed by atoms with van der Waals surface area (Å²) in [6.45, 7) is 4.33. The number of morpholine rings is 1. The van der Waals surface area contributed by atoms with Gasteiger partial charge < -0.3 is 19.7 Å². The summed E-state index contributed by atoms with van der Waals surface area (Å²) in [5.74, 6) is 0. The molecule has 1 saturated heterocycles. The molecule has 1 aliphatic heterocycles. The third kappa shape index (κ3) is 4.34. The summed E-state index contributed by atoms with van der Waals surface area (Å²) in [6.07, 6.45) is -0.0541. The Bertz CT molecular complexity index is 145. The number of hydrogen-bond acceptors (Lipinski definition) is 5. The Hall–Kier alpha value is -0.200. The molecule has 5 heteroatoms. The lowest BCUT2D eigenvalue weighted by molar-refractivity contribution is -0.0587. The van der Waals surface area contributed by atoms with Crippen LogP contribution in [0, 0.1) is 0 Å². The van der Waals surface area contributed by atoms with Gasteiger partial charge in [-0.2, -0.15) is 0 Å². The minimum atomic E-state index is -0.0541. The number of aliphatic hydroxyl groups is 2. The van der Waals surface area contributed by atoms with E-state index >= 15 is 0 Å². The van der Waals surface area contributed by atoms with E-state index in [1.807, 2.05) is 0 Å². The Kier molecular flexibility index (Phi) is 6.05. The minimum absolute atomic E-state index is 0.0541. The average molecular weight is 205 g/mol. The van der Waals surface area contributed by atoms with Gasteiger partial charge in [-0.15, -0.1) is 0 Å². The molecule has 0 radical (unpaired) electrons. The van der Waals surface area contributed by atoms with Gasteiger partial charge >= 0.3 is 0 Å². The molecule has 1 unspecified atom stereocenters. The Morgan fingerprint density at radius 3 is 2.93 bits per heavy atom. The maximum Gasteiger partial charge on any atom is 0.0932 e. The van der Waals surface area contributed by atoms with Gasteiger partial charge in [-0.1, -0.05) is 0 Å². The fourth-order valence-electron chi connectivity index (χ4n) is 1.45. The Morgan fingerprint density at radius 2 is 2.21 bits per heavy atom. The number of aliphatic hydroxyl groups excluding tert-OH is 2. The maximum absolute atomic E-state index is 8.90. The van der Waals surface area contributed by atoms with Crippen molar-refractivity contribution in [1.82, 2.24) is 4.90 Å². The molecule has 1 atom stereocenters. The van der Waals surface area contributed by atoms with E-state index in [1.165, 1.54) is 0 Å². The molecule has 1 aliphatic rings. The lowest BCUT2D eigenvalue weighted by atomic mass is 10.3. The summed E-state index contributed by atoms with van der Waals surface area (Å²) < 4.78 is 10.5. The first-order valence-corrected chi connectivity index (χ1v) is 5.00. The van der Waals surface area contributed by atoms with Crippen molar-refractivity contribution >= 4 is 0 Å². The molecular weight excluding hydrogens is 186 g/mol. The Balaban J connectivity index is 2.05. The summed E-state index contributed by atoms with van der Waals surface area (Å²) >= 11 is 0. The highest BCUT2D eigenvalue weighted by atomic mass is 16.5. The van der Waals surface area contributed by atoms with Crippen LogP contribution in [0.2, 0.25) is 0 Å².